The second kappa shape index (κ2) is 40.0. The van der Waals surface area contributed by atoms with Crippen LogP contribution in [0.25, 0.3) is 0 Å². The second-order valence-corrected chi connectivity index (χ2v) is 17.6. The lowest BCUT2D eigenvalue weighted by Gasteiger charge is -2.40. The van der Waals surface area contributed by atoms with Crippen molar-refractivity contribution in [1.82, 2.24) is 5.32 Å². The van der Waals surface area contributed by atoms with E-state index in [0.717, 1.165) is 38.5 Å². The molecule has 0 radical (unpaired) electrons. The number of ether oxygens (including phenoxy) is 2. The molecule has 9 heteroatoms. The Balaban J connectivity index is 2.25. The first-order valence-electron chi connectivity index (χ1n) is 24.9. The van der Waals surface area contributed by atoms with E-state index in [9.17, 15) is 30.3 Å². The Bertz CT molecular complexity index is 919. The summed E-state index contributed by atoms with van der Waals surface area (Å²) in [4.78, 5) is 13.0. The van der Waals surface area contributed by atoms with Crippen molar-refractivity contribution in [3.05, 3.63) is 12.2 Å². The molecule has 7 unspecified atom stereocenters. The minimum Gasteiger partial charge on any atom is -0.394 e. The van der Waals surface area contributed by atoms with Gasteiger partial charge in [0.1, 0.15) is 24.4 Å². The van der Waals surface area contributed by atoms with Gasteiger partial charge in [-0.25, -0.2) is 0 Å². The monoisotopic (exact) mass is 826 g/mol. The van der Waals surface area contributed by atoms with Crippen LogP contribution in [0.1, 0.15) is 239 Å². The average molecular weight is 826 g/mol. The molecule has 1 rings (SSSR count). The molecule has 58 heavy (non-hydrogen) atoms. The van der Waals surface area contributed by atoms with Crippen LogP contribution in [0.2, 0.25) is 0 Å². The van der Waals surface area contributed by atoms with Gasteiger partial charge in [0.05, 0.1) is 25.4 Å². The van der Waals surface area contributed by atoms with E-state index < -0.39 is 49.5 Å². The SMILES string of the molecule is CCCCCCCCCCCCCC=CC(O)C(COC1OC(CO)C(O)C(O)C1O)NC(=O)CCCCCCCCCCCCCCCCCCCCCCCC. The number of amides is 1. The van der Waals surface area contributed by atoms with Gasteiger partial charge in [-0.2, -0.15) is 0 Å². The fraction of sp³-hybridized carbons (Fsp3) is 0.939. The summed E-state index contributed by atoms with van der Waals surface area (Å²) in [7, 11) is 0. The molecule has 6 N–H and O–H groups in total. The molecule has 1 fully saturated rings. The van der Waals surface area contributed by atoms with E-state index >= 15 is 0 Å². The van der Waals surface area contributed by atoms with Crippen LogP contribution in [0.4, 0.5) is 0 Å². The lowest BCUT2D eigenvalue weighted by molar-refractivity contribution is -0.302. The number of aliphatic hydroxyl groups excluding tert-OH is 5. The van der Waals surface area contributed by atoms with E-state index in [0.29, 0.717) is 6.42 Å². The van der Waals surface area contributed by atoms with Crippen molar-refractivity contribution in [2.45, 2.75) is 281 Å². The third-order valence-electron chi connectivity index (χ3n) is 12.1. The normalized spacial score (nSPS) is 20.8. The highest BCUT2D eigenvalue weighted by Gasteiger charge is 2.44. The first kappa shape index (κ1) is 54.9. The van der Waals surface area contributed by atoms with Crippen molar-refractivity contribution < 1.29 is 39.8 Å². The lowest BCUT2D eigenvalue weighted by atomic mass is 9.99. The van der Waals surface area contributed by atoms with Crippen molar-refractivity contribution in [2.24, 2.45) is 0 Å². The molecule has 344 valence electrons. The lowest BCUT2D eigenvalue weighted by Crippen LogP contribution is -2.60. The van der Waals surface area contributed by atoms with E-state index in [1.54, 1.807) is 6.08 Å². The second-order valence-electron chi connectivity index (χ2n) is 17.6. The number of hydrogen-bond acceptors (Lipinski definition) is 8. The summed E-state index contributed by atoms with van der Waals surface area (Å²) < 4.78 is 11.2. The van der Waals surface area contributed by atoms with Crippen LogP contribution in [0.3, 0.4) is 0 Å². The number of rotatable bonds is 42. The average Bonchev–Trinajstić information content (AvgIpc) is 3.22. The van der Waals surface area contributed by atoms with E-state index in [1.807, 2.05) is 6.08 Å². The number of aliphatic hydroxyl groups is 5. The first-order chi connectivity index (χ1) is 28.3. The van der Waals surface area contributed by atoms with Crippen LogP contribution >= 0.6 is 0 Å². The molecular weight excluding hydrogens is 731 g/mol. The highest BCUT2D eigenvalue weighted by atomic mass is 16.7. The van der Waals surface area contributed by atoms with Gasteiger partial charge in [0.15, 0.2) is 6.29 Å². The number of allylic oxidation sites excluding steroid dienone is 1. The predicted molar refractivity (Wildman–Crippen MR) is 240 cm³/mol. The van der Waals surface area contributed by atoms with Gasteiger partial charge in [-0.05, 0) is 19.3 Å². The van der Waals surface area contributed by atoms with Crippen molar-refractivity contribution in [3.8, 4) is 0 Å². The summed E-state index contributed by atoms with van der Waals surface area (Å²) in [5.74, 6) is -0.173. The Morgan fingerprint density at radius 2 is 0.948 bits per heavy atom. The zero-order chi connectivity index (χ0) is 42.3. The zero-order valence-electron chi connectivity index (χ0n) is 37.8. The quantitative estimate of drug-likeness (QED) is 0.0263. The maximum Gasteiger partial charge on any atom is 0.220 e. The van der Waals surface area contributed by atoms with Crippen LogP contribution in [0.15, 0.2) is 12.2 Å². The maximum atomic E-state index is 13.0. The number of nitrogens with one attached hydrogen (secondary N) is 1. The third kappa shape index (κ3) is 30.0. The number of carbonyl (C=O) groups excluding carboxylic acids is 1. The zero-order valence-corrected chi connectivity index (χ0v) is 37.8. The van der Waals surface area contributed by atoms with Crippen molar-refractivity contribution in [1.29, 1.82) is 0 Å². The molecule has 0 aromatic rings. The van der Waals surface area contributed by atoms with E-state index in [2.05, 4.69) is 19.2 Å². The highest BCUT2D eigenvalue weighted by Crippen LogP contribution is 2.23. The minimum atomic E-state index is -1.56. The van der Waals surface area contributed by atoms with Gasteiger partial charge in [0.2, 0.25) is 5.91 Å². The van der Waals surface area contributed by atoms with Gasteiger partial charge >= 0.3 is 0 Å². The minimum absolute atomic E-state index is 0.173. The highest BCUT2D eigenvalue weighted by molar-refractivity contribution is 5.76. The molecule has 7 atom stereocenters. The molecule has 1 amide bonds. The van der Waals surface area contributed by atoms with E-state index in [1.165, 1.54) is 180 Å². The first-order valence-corrected chi connectivity index (χ1v) is 24.9. The van der Waals surface area contributed by atoms with Gasteiger partial charge in [-0.3, -0.25) is 4.79 Å². The topological polar surface area (TPSA) is 149 Å². The molecule has 1 saturated heterocycles. The maximum absolute atomic E-state index is 13.0. The molecule has 0 bridgehead atoms. The van der Waals surface area contributed by atoms with Gasteiger partial charge < -0.3 is 40.3 Å². The van der Waals surface area contributed by atoms with Gasteiger partial charge in [0, 0.05) is 6.42 Å². The van der Waals surface area contributed by atoms with Crippen LogP contribution in [0, 0.1) is 0 Å². The summed E-state index contributed by atoms with van der Waals surface area (Å²) in [6.45, 7) is 3.79. The van der Waals surface area contributed by atoms with Crippen LogP contribution in [-0.4, -0.2) is 87.5 Å². The largest absolute Gasteiger partial charge is 0.394 e. The van der Waals surface area contributed by atoms with Crippen molar-refractivity contribution in [2.75, 3.05) is 13.2 Å². The summed E-state index contributed by atoms with van der Waals surface area (Å²) in [6.07, 6.45) is 39.8. The molecule has 9 nitrogen and oxygen atoms in total. The van der Waals surface area contributed by atoms with Crippen LogP contribution in [0.5, 0.6) is 0 Å². The molecule has 0 saturated carbocycles. The van der Waals surface area contributed by atoms with Gasteiger partial charge in [0.25, 0.3) is 0 Å². The van der Waals surface area contributed by atoms with E-state index in [-0.39, 0.29) is 12.5 Å². The molecule has 1 aliphatic heterocycles. The van der Waals surface area contributed by atoms with Crippen molar-refractivity contribution in [3.63, 3.8) is 0 Å². The Morgan fingerprint density at radius 1 is 0.569 bits per heavy atom. The molecule has 0 aliphatic carbocycles. The molecule has 0 spiro atoms. The smallest absolute Gasteiger partial charge is 0.220 e. The van der Waals surface area contributed by atoms with Crippen LogP contribution in [-0.2, 0) is 14.3 Å². The van der Waals surface area contributed by atoms with Gasteiger partial charge in [-0.1, -0.05) is 225 Å². The third-order valence-corrected chi connectivity index (χ3v) is 12.1. The standard InChI is InChI=1S/C49H95NO8/c1-3-5-7-9-11-13-15-17-18-19-20-21-22-23-24-25-27-29-31-33-35-37-39-45(53)50-42(41-57-49-48(56)47(55)46(54)44(40-51)58-49)43(52)38-36-34-32-30-28-26-16-14-12-10-8-6-4-2/h36,38,42-44,46-49,51-52,54-56H,3-35,37,39-41H2,1-2H3,(H,50,53). The summed E-state index contributed by atoms with van der Waals surface area (Å²) in [5, 5.41) is 54.2. The Morgan fingerprint density at radius 3 is 1.34 bits per heavy atom. The Hall–Kier alpha value is -1.07. The van der Waals surface area contributed by atoms with E-state index in [4.69, 9.17) is 9.47 Å². The van der Waals surface area contributed by atoms with Gasteiger partial charge in [-0.15, -0.1) is 0 Å². The molecular formula is C49H95NO8. The number of carbonyl (C=O) groups is 1. The van der Waals surface area contributed by atoms with Crippen LogP contribution < -0.4 is 5.32 Å². The molecule has 1 aliphatic rings. The number of unbranched alkanes of at least 4 members (excludes halogenated alkanes) is 32. The summed E-state index contributed by atoms with van der Waals surface area (Å²) in [6, 6.07) is -0.798. The predicted octanol–water partition coefficient (Wildman–Crippen LogP) is 10.9. The molecule has 1 heterocycles. The molecule has 0 aromatic carbocycles. The van der Waals surface area contributed by atoms with Crippen molar-refractivity contribution >= 4 is 5.91 Å². The summed E-state index contributed by atoms with van der Waals surface area (Å²) >= 11 is 0. The Kier molecular flexibility index (Phi) is 37.9. The summed E-state index contributed by atoms with van der Waals surface area (Å²) in [5.41, 5.74) is 0. The molecule has 0 aromatic heterocycles. The fourth-order valence-corrected chi connectivity index (χ4v) is 8.10. The Labute approximate surface area is 356 Å². The fourth-order valence-electron chi connectivity index (χ4n) is 8.10. The number of hydrogen-bond donors (Lipinski definition) is 6.